The fraction of sp³-hybridized carbons (Fsp3) is 0.698. The lowest BCUT2D eigenvalue weighted by atomic mass is 10.1. The molecular formula is C53H93N11O2S. The average Bonchev–Trinajstić information content (AvgIpc) is 4.09. The number of nitrogens with zero attached hydrogens (tertiary/aromatic N) is 9. The van der Waals surface area contributed by atoms with Crippen molar-refractivity contribution in [3.8, 4) is 0 Å². The van der Waals surface area contributed by atoms with Crippen LogP contribution in [0.25, 0.3) is 0 Å². The van der Waals surface area contributed by atoms with Gasteiger partial charge in [0.15, 0.2) is 11.7 Å². The maximum absolute atomic E-state index is 5.50. The van der Waals surface area contributed by atoms with E-state index in [1.165, 1.54) is 27.1 Å². The molecule has 0 unspecified atom stereocenters. The molecule has 0 atom stereocenters. The number of H-pyrrole nitrogens is 2. The van der Waals surface area contributed by atoms with Crippen LogP contribution in [-0.4, -0.2) is 54.9 Å². The first-order chi connectivity index (χ1) is 31.1. The molecule has 0 spiro atoms. The van der Waals surface area contributed by atoms with Crippen LogP contribution >= 0.6 is 11.3 Å². The molecule has 6 heterocycles. The largest absolute Gasteiger partial charge is 0.445 e. The van der Waals surface area contributed by atoms with E-state index in [9.17, 15) is 0 Å². The SMILES string of the molecule is CC(C)c1cnc(C(C)C)[nH]1.CC(C)c1cnc(C(C)C)n1C.CC(C)c1cnc(C(C)C)o1.CC(C)c1cnc(C(C)C)s1.CC(C)c1n[nH]c(C(C)C)n1.CC(C)c1nnc(C(C)C)o1. The number of imidazole rings is 2. The van der Waals surface area contributed by atoms with Gasteiger partial charge in [0.05, 0.1) is 11.2 Å². The van der Waals surface area contributed by atoms with Crippen LogP contribution in [-0.2, 0) is 7.05 Å². The van der Waals surface area contributed by atoms with Gasteiger partial charge >= 0.3 is 0 Å². The Bertz CT molecular complexity index is 1760. The normalized spacial score (nSPS) is 11.5. The Kier molecular flexibility index (Phi) is 26.6. The Hall–Kier alpha value is -4.46. The Balaban J connectivity index is 0.000000402. The van der Waals surface area contributed by atoms with Crippen molar-refractivity contribution in [2.24, 2.45) is 7.05 Å². The van der Waals surface area contributed by atoms with Gasteiger partial charge in [0.1, 0.15) is 23.2 Å². The van der Waals surface area contributed by atoms with Crippen LogP contribution < -0.4 is 0 Å². The Morgan fingerprint density at radius 2 is 1.01 bits per heavy atom. The van der Waals surface area contributed by atoms with Crippen LogP contribution in [0.5, 0.6) is 0 Å². The second kappa shape index (κ2) is 29.4. The van der Waals surface area contributed by atoms with Crippen LogP contribution in [0.3, 0.4) is 0 Å². The minimum absolute atomic E-state index is 0.329. The summed E-state index contributed by atoms with van der Waals surface area (Å²) in [5.74, 6) is 13.1. The fourth-order valence-corrected chi connectivity index (χ4v) is 6.56. The minimum atomic E-state index is 0.329. The minimum Gasteiger partial charge on any atom is -0.445 e. The van der Waals surface area contributed by atoms with Gasteiger partial charge in [0.25, 0.3) is 0 Å². The molecular weight excluding hydrogens is 855 g/mol. The van der Waals surface area contributed by atoms with Crippen molar-refractivity contribution in [1.82, 2.24) is 54.9 Å². The van der Waals surface area contributed by atoms with Gasteiger partial charge in [-0.3, -0.25) is 5.10 Å². The molecule has 2 N–H and O–H groups in total. The van der Waals surface area contributed by atoms with Gasteiger partial charge in [0, 0.05) is 95.2 Å². The molecule has 0 aliphatic carbocycles. The maximum Gasteiger partial charge on any atom is 0.219 e. The van der Waals surface area contributed by atoms with E-state index in [1.54, 1.807) is 0 Å². The van der Waals surface area contributed by atoms with E-state index in [-0.39, 0.29) is 0 Å². The molecule has 0 saturated heterocycles. The molecule has 378 valence electrons. The highest BCUT2D eigenvalue weighted by atomic mass is 32.1. The molecule has 67 heavy (non-hydrogen) atoms. The predicted octanol–water partition coefficient (Wildman–Crippen LogP) is 16.0. The lowest BCUT2D eigenvalue weighted by Crippen LogP contribution is -2.04. The summed E-state index contributed by atoms with van der Waals surface area (Å²) in [6.07, 6.45) is 7.74. The number of aromatic amines is 2. The number of nitrogens with one attached hydrogen (secondary N) is 2. The molecule has 6 aromatic rings. The zero-order chi connectivity index (χ0) is 51.5. The molecule has 0 fully saturated rings. The number of hydrogen-bond donors (Lipinski definition) is 2. The van der Waals surface area contributed by atoms with Crippen molar-refractivity contribution in [1.29, 1.82) is 0 Å². The van der Waals surface area contributed by atoms with E-state index < -0.39 is 0 Å². The molecule has 0 aliphatic rings. The van der Waals surface area contributed by atoms with E-state index >= 15 is 0 Å². The topological polar surface area (TPSA) is 166 Å². The van der Waals surface area contributed by atoms with E-state index in [4.69, 9.17) is 8.83 Å². The zero-order valence-electron chi connectivity index (χ0n) is 46.5. The molecule has 0 aliphatic heterocycles. The first-order valence-electron chi connectivity index (χ1n) is 24.8. The number of aromatic nitrogens is 11. The summed E-state index contributed by atoms with van der Waals surface area (Å²) in [6, 6.07) is 0. The lowest BCUT2D eigenvalue weighted by Gasteiger charge is -2.09. The van der Waals surface area contributed by atoms with E-state index in [1.807, 2.05) is 63.8 Å². The quantitative estimate of drug-likeness (QED) is 0.121. The number of thiazole rings is 1. The summed E-state index contributed by atoms with van der Waals surface area (Å²) < 4.78 is 13.1. The maximum atomic E-state index is 5.50. The van der Waals surface area contributed by atoms with Crippen LogP contribution in [0, 0.1) is 0 Å². The van der Waals surface area contributed by atoms with Crippen molar-refractivity contribution < 1.29 is 8.83 Å². The molecule has 0 radical (unpaired) electrons. The summed E-state index contributed by atoms with van der Waals surface area (Å²) in [5, 5.41) is 16.1. The monoisotopic (exact) mass is 948 g/mol. The highest BCUT2D eigenvalue weighted by Crippen LogP contribution is 2.26. The Morgan fingerprint density at radius 3 is 1.27 bits per heavy atom. The average molecular weight is 948 g/mol. The van der Waals surface area contributed by atoms with Crippen LogP contribution in [0.15, 0.2) is 33.6 Å². The van der Waals surface area contributed by atoms with Gasteiger partial charge in [-0.05, 0) is 17.8 Å². The molecule has 6 aromatic heterocycles. The molecule has 0 saturated carbocycles. The van der Waals surface area contributed by atoms with Crippen molar-refractivity contribution >= 4 is 11.3 Å². The fourth-order valence-electron chi connectivity index (χ4n) is 5.64. The smallest absolute Gasteiger partial charge is 0.219 e. The third-order valence-electron chi connectivity index (χ3n) is 10.2. The molecule has 14 heteroatoms. The number of oxazole rings is 1. The highest BCUT2D eigenvalue weighted by molar-refractivity contribution is 7.11. The Morgan fingerprint density at radius 1 is 0.463 bits per heavy atom. The summed E-state index contributed by atoms with van der Waals surface area (Å²) in [5.41, 5.74) is 2.55. The van der Waals surface area contributed by atoms with Gasteiger partial charge in [-0.1, -0.05) is 166 Å². The highest BCUT2D eigenvalue weighted by Gasteiger charge is 2.14. The van der Waals surface area contributed by atoms with Gasteiger partial charge < -0.3 is 18.4 Å². The second-order valence-corrected chi connectivity index (χ2v) is 22.0. The first-order valence-corrected chi connectivity index (χ1v) is 25.6. The molecule has 6 rings (SSSR count). The molecule has 0 bridgehead atoms. The summed E-state index contributed by atoms with van der Waals surface area (Å²) in [6.45, 7) is 51.0. The third kappa shape index (κ3) is 21.2. The van der Waals surface area contributed by atoms with E-state index in [0.717, 1.165) is 40.9 Å². The zero-order valence-corrected chi connectivity index (χ0v) is 47.3. The summed E-state index contributed by atoms with van der Waals surface area (Å²) in [4.78, 5) is 26.2. The third-order valence-corrected chi connectivity index (χ3v) is 11.8. The van der Waals surface area contributed by atoms with Crippen molar-refractivity contribution in [2.45, 2.75) is 237 Å². The van der Waals surface area contributed by atoms with Crippen molar-refractivity contribution in [2.75, 3.05) is 0 Å². The van der Waals surface area contributed by atoms with Crippen LogP contribution in [0.1, 0.15) is 305 Å². The first kappa shape index (κ1) is 60.6. The number of hydrogen-bond acceptors (Lipinski definition) is 11. The van der Waals surface area contributed by atoms with E-state index in [2.05, 4.69) is 200 Å². The van der Waals surface area contributed by atoms with Crippen LogP contribution in [0.2, 0.25) is 0 Å². The molecule has 13 nitrogen and oxygen atoms in total. The van der Waals surface area contributed by atoms with Crippen molar-refractivity contribution in [3.05, 3.63) is 92.8 Å². The Labute approximate surface area is 410 Å². The van der Waals surface area contributed by atoms with Crippen LogP contribution in [0.4, 0.5) is 0 Å². The predicted molar refractivity (Wildman–Crippen MR) is 280 cm³/mol. The molecule has 0 aromatic carbocycles. The van der Waals surface area contributed by atoms with E-state index in [0.29, 0.717) is 71.0 Å². The van der Waals surface area contributed by atoms with Crippen molar-refractivity contribution in [3.63, 3.8) is 0 Å². The summed E-state index contributed by atoms with van der Waals surface area (Å²) in [7, 11) is 2.09. The second-order valence-electron chi connectivity index (χ2n) is 20.9. The van der Waals surface area contributed by atoms with Gasteiger partial charge in [-0.15, -0.1) is 21.5 Å². The summed E-state index contributed by atoms with van der Waals surface area (Å²) >= 11 is 1.84. The van der Waals surface area contributed by atoms with Gasteiger partial charge in [0.2, 0.25) is 11.8 Å². The van der Waals surface area contributed by atoms with Gasteiger partial charge in [-0.2, -0.15) is 5.10 Å². The molecule has 0 amide bonds. The van der Waals surface area contributed by atoms with Gasteiger partial charge in [-0.25, -0.2) is 24.9 Å². The lowest BCUT2D eigenvalue weighted by molar-refractivity contribution is 0.417. The standard InChI is InChI=1S/C10H18N2.C9H16N2.C9H15NO.C9H15NS.C8H15N3.C8H14N2O/c1-7(2)9-6-11-10(8(3)4)12(9)5;3*1-6(2)8-5-10-9(11-8)7(3)4;1-5(2)7-9-8(6(3)4)11-10-7;1-5(2)7-9-10-8(11-7)6(3)4/h6-8H,1-5H3;5-7H,1-4H3,(H,10,11);2*5-7H,1-4H3;5-6H,1-4H3,(H,9,10,11);5-6H,1-4H3. The number of rotatable bonds is 12.